The van der Waals surface area contributed by atoms with Crippen LogP contribution in [0.15, 0.2) is 24.3 Å². The third-order valence-electron chi connectivity index (χ3n) is 3.63. The van der Waals surface area contributed by atoms with E-state index in [0.29, 0.717) is 12.6 Å². The third kappa shape index (κ3) is 7.16. The Morgan fingerprint density at radius 2 is 1.87 bits per heavy atom. The number of benzene rings is 1. The molecule has 1 heterocycles. The second kappa shape index (κ2) is 8.48. The molecule has 1 amide bonds. The van der Waals surface area contributed by atoms with Crippen LogP contribution >= 0.6 is 11.8 Å². The summed E-state index contributed by atoms with van der Waals surface area (Å²) in [6.07, 6.45) is 2.93. The van der Waals surface area contributed by atoms with Crippen LogP contribution in [0.2, 0.25) is 0 Å². The van der Waals surface area contributed by atoms with Gasteiger partial charge < -0.3 is 15.4 Å². The van der Waals surface area contributed by atoms with Gasteiger partial charge in [0.15, 0.2) is 0 Å². The van der Waals surface area contributed by atoms with Crippen LogP contribution in [-0.4, -0.2) is 35.8 Å². The molecule has 2 N–H and O–H groups in total. The summed E-state index contributed by atoms with van der Waals surface area (Å²) in [7, 11) is 0. The lowest BCUT2D eigenvalue weighted by molar-refractivity contribution is 0.0528. The summed E-state index contributed by atoms with van der Waals surface area (Å²) >= 11 is 2.04. The van der Waals surface area contributed by atoms with Crippen molar-refractivity contribution in [1.82, 2.24) is 5.32 Å². The van der Waals surface area contributed by atoms with Crippen LogP contribution in [0.1, 0.15) is 39.2 Å². The molecular weight excluding hydrogens is 308 g/mol. The number of thioether (sulfide) groups is 1. The fraction of sp³-hybridized carbons (Fsp3) is 0.611. The quantitative estimate of drug-likeness (QED) is 0.851. The summed E-state index contributed by atoms with van der Waals surface area (Å²) in [5.74, 6) is 2.51. The van der Waals surface area contributed by atoms with E-state index in [1.165, 1.54) is 35.6 Å². The lowest BCUT2D eigenvalue weighted by Gasteiger charge is -2.23. The van der Waals surface area contributed by atoms with E-state index in [0.717, 1.165) is 6.42 Å². The highest BCUT2D eigenvalue weighted by molar-refractivity contribution is 7.99. The van der Waals surface area contributed by atoms with Crippen LogP contribution in [0, 0.1) is 0 Å². The van der Waals surface area contributed by atoms with Crippen molar-refractivity contribution in [2.24, 2.45) is 0 Å². The van der Waals surface area contributed by atoms with Crippen molar-refractivity contribution in [3.63, 3.8) is 0 Å². The molecule has 1 aromatic rings. The molecule has 128 valence electrons. The van der Waals surface area contributed by atoms with E-state index < -0.39 is 5.60 Å². The van der Waals surface area contributed by atoms with Crippen LogP contribution in [-0.2, 0) is 11.2 Å². The number of rotatable bonds is 5. The Balaban J connectivity index is 1.71. The molecule has 0 aromatic heterocycles. The fourth-order valence-electron chi connectivity index (χ4n) is 2.47. The van der Waals surface area contributed by atoms with Crippen molar-refractivity contribution in [3.05, 3.63) is 29.8 Å². The fourth-order valence-corrected chi connectivity index (χ4v) is 3.57. The molecule has 1 aliphatic rings. The van der Waals surface area contributed by atoms with Crippen LogP contribution in [0.5, 0.6) is 0 Å². The van der Waals surface area contributed by atoms with Crippen LogP contribution in [0.3, 0.4) is 0 Å². The molecule has 0 atom stereocenters. The number of hydrogen-bond donors (Lipinski definition) is 2. The van der Waals surface area contributed by atoms with Crippen molar-refractivity contribution >= 4 is 23.5 Å². The predicted octanol–water partition coefficient (Wildman–Crippen LogP) is 4.06. The van der Waals surface area contributed by atoms with Gasteiger partial charge in [0.1, 0.15) is 5.60 Å². The summed E-state index contributed by atoms with van der Waals surface area (Å²) in [5.41, 5.74) is 1.95. The van der Waals surface area contributed by atoms with E-state index in [9.17, 15) is 4.79 Å². The van der Waals surface area contributed by atoms with Gasteiger partial charge in [-0.2, -0.15) is 11.8 Å². The Morgan fingerprint density at radius 1 is 1.22 bits per heavy atom. The van der Waals surface area contributed by atoms with E-state index >= 15 is 0 Å². The van der Waals surface area contributed by atoms with E-state index in [2.05, 4.69) is 34.9 Å². The summed E-state index contributed by atoms with van der Waals surface area (Å²) in [4.78, 5) is 11.6. The lowest BCUT2D eigenvalue weighted by Crippen LogP contribution is -2.33. The average Bonchev–Trinajstić information content (AvgIpc) is 2.48. The number of anilines is 1. The minimum atomic E-state index is -0.449. The topological polar surface area (TPSA) is 50.4 Å². The maximum Gasteiger partial charge on any atom is 0.407 e. The highest BCUT2D eigenvalue weighted by Crippen LogP contribution is 2.21. The molecule has 1 aliphatic heterocycles. The van der Waals surface area contributed by atoms with Crippen LogP contribution in [0.4, 0.5) is 10.5 Å². The molecule has 0 aliphatic carbocycles. The molecule has 0 bridgehead atoms. The summed E-state index contributed by atoms with van der Waals surface area (Å²) in [6.45, 7) is 6.18. The molecule has 1 fully saturated rings. The molecule has 0 spiro atoms. The van der Waals surface area contributed by atoms with Crippen molar-refractivity contribution in [3.8, 4) is 0 Å². The first kappa shape index (κ1) is 18.0. The van der Waals surface area contributed by atoms with E-state index in [-0.39, 0.29) is 6.09 Å². The van der Waals surface area contributed by atoms with Gasteiger partial charge in [-0.25, -0.2) is 4.79 Å². The lowest BCUT2D eigenvalue weighted by atomic mass is 10.1. The Morgan fingerprint density at radius 3 is 2.48 bits per heavy atom. The number of hydrogen-bond acceptors (Lipinski definition) is 4. The van der Waals surface area contributed by atoms with Gasteiger partial charge in [-0.05, 0) is 69.2 Å². The monoisotopic (exact) mass is 336 g/mol. The molecule has 0 saturated carbocycles. The second-order valence-electron chi connectivity index (χ2n) is 6.91. The number of carbonyl (C=O) groups is 1. The summed E-state index contributed by atoms with van der Waals surface area (Å²) < 4.78 is 5.22. The van der Waals surface area contributed by atoms with Gasteiger partial charge in [0.05, 0.1) is 0 Å². The largest absolute Gasteiger partial charge is 0.444 e. The van der Waals surface area contributed by atoms with E-state index in [1.54, 1.807) is 0 Å². The zero-order valence-corrected chi connectivity index (χ0v) is 15.2. The van der Waals surface area contributed by atoms with Gasteiger partial charge in [-0.1, -0.05) is 12.1 Å². The van der Waals surface area contributed by atoms with Gasteiger partial charge in [0.25, 0.3) is 0 Å². The normalized spacial score (nSPS) is 16.0. The maximum absolute atomic E-state index is 11.6. The van der Waals surface area contributed by atoms with Crippen LogP contribution < -0.4 is 10.6 Å². The average molecular weight is 337 g/mol. The van der Waals surface area contributed by atoms with Gasteiger partial charge in [0.2, 0.25) is 0 Å². The highest BCUT2D eigenvalue weighted by atomic mass is 32.2. The Labute approximate surface area is 143 Å². The first-order chi connectivity index (χ1) is 10.9. The standard InChI is InChI=1S/C18H28N2O2S/c1-18(2,3)22-17(21)19-11-8-14-4-6-15(7-5-14)20-16-9-12-23-13-10-16/h4-7,16,20H,8-13H2,1-3H3,(H,19,21). The first-order valence-corrected chi connectivity index (χ1v) is 9.48. The molecule has 1 aromatic carbocycles. The molecule has 2 rings (SSSR count). The Hall–Kier alpha value is -1.36. The number of nitrogens with one attached hydrogen (secondary N) is 2. The zero-order chi connectivity index (χ0) is 16.7. The molecule has 23 heavy (non-hydrogen) atoms. The highest BCUT2D eigenvalue weighted by Gasteiger charge is 2.15. The maximum atomic E-state index is 11.6. The van der Waals surface area contributed by atoms with Gasteiger partial charge >= 0.3 is 6.09 Å². The van der Waals surface area contributed by atoms with E-state index in [4.69, 9.17) is 4.74 Å². The second-order valence-corrected chi connectivity index (χ2v) is 8.13. The zero-order valence-electron chi connectivity index (χ0n) is 14.4. The molecular formula is C18H28N2O2S. The predicted molar refractivity (Wildman–Crippen MR) is 98.4 cm³/mol. The van der Waals surface area contributed by atoms with Crippen molar-refractivity contribution in [1.29, 1.82) is 0 Å². The smallest absolute Gasteiger partial charge is 0.407 e. The minimum absolute atomic E-state index is 0.356. The molecule has 1 saturated heterocycles. The minimum Gasteiger partial charge on any atom is -0.444 e. The first-order valence-electron chi connectivity index (χ1n) is 8.32. The van der Waals surface area contributed by atoms with Crippen molar-refractivity contribution in [2.75, 3.05) is 23.4 Å². The van der Waals surface area contributed by atoms with Crippen molar-refractivity contribution in [2.45, 2.75) is 51.7 Å². The number of ether oxygens (including phenoxy) is 1. The van der Waals surface area contributed by atoms with Gasteiger partial charge in [-0.3, -0.25) is 0 Å². The van der Waals surface area contributed by atoms with Crippen molar-refractivity contribution < 1.29 is 9.53 Å². The molecule has 0 radical (unpaired) electrons. The SMILES string of the molecule is CC(C)(C)OC(=O)NCCc1ccc(NC2CCSCC2)cc1. The summed E-state index contributed by atoms with van der Waals surface area (Å²) in [5, 5.41) is 6.39. The molecule has 4 nitrogen and oxygen atoms in total. The molecule has 0 unspecified atom stereocenters. The Kier molecular flexibility index (Phi) is 6.63. The number of amides is 1. The third-order valence-corrected chi connectivity index (χ3v) is 4.68. The number of carbonyl (C=O) groups excluding carboxylic acids is 1. The molecule has 5 heteroatoms. The van der Waals surface area contributed by atoms with E-state index in [1.807, 2.05) is 32.5 Å². The Bertz CT molecular complexity index is 491. The van der Waals surface area contributed by atoms with Gasteiger partial charge in [0, 0.05) is 18.3 Å². The number of alkyl carbamates (subject to hydrolysis) is 1. The summed E-state index contributed by atoms with van der Waals surface area (Å²) in [6, 6.07) is 9.11. The van der Waals surface area contributed by atoms with Gasteiger partial charge in [-0.15, -0.1) is 0 Å². The van der Waals surface area contributed by atoms with Crippen LogP contribution in [0.25, 0.3) is 0 Å².